The Labute approximate surface area is 131 Å². The summed E-state index contributed by atoms with van der Waals surface area (Å²) < 4.78 is 2.03. The molecule has 1 atom stereocenters. The van der Waals surface area contributed by atoms with Crippen LogP contribution in [0, 0.1) is 0 Å². The van der Waals surface area contributed by atoms with Crippen LogP contribution in [0.5, 0.6) is 0 Å². The van der Waals surface area contributed by atoms with E-state index in [9.17, 15) is 9.90 Å². The van der Waals surface area contributed by atoms with Gasteiger partial charge in [0, 0.05) is 6.92 Å². The van der Waals surface area contributed by atoms with Crippen LogP contribution in [-0.2, 0) is 11.3 Å². The van der Waals surface area contributed by atoms with E-state index >= 15 is 0 Å². The first kappa shape index (κ1) is 16.5. The maximum Gasteiger partial charge on any atom is 0.217 e. The van der Waals surface area contributed by atoms with Crippen molar-refractivity contribution in [3.8, 4) is 0 Å². The smallest absolute Gasteiger partial charge is 0.217 e. The van der Waals surface area contributed by atoms with Crippen LogP contribution in [0.1, 0.15) is 52.4 Å². The molecule has 0 aliphatic rings. The third kappa shape index (κ3) is 3.30. The predicted molar refractivity (Wildman–Crippen MR) is 87.5 cm³/mol. The van der Waals surface area contributed by atoms with Crippen LogP contribution in [0.4, 0.5) is 0 Å². The summed E-state index contributed by atoms with van der Waals surface area (Å²) in [6, 6.07) is 7.65. The topological polar surface area (TPSA) is 67.2 Å². The van der Waals surface area contributed by atoms with Crippen LogP contribution in [-0.4, -0.2) is 26.2 Å². The highest BCUT2D eigenvalue weighted by molar-refractivity contribution is 5.77. The van der Waals surface area contributed by atoms with E-state index in [4.69, 9.17) is 0 Å². The minimum absolute atomic E-state index is 0.0904. The zero-order chi connectivity index (χ0) is 16.3. The monoisotopic (exact) mass is 303 g/mol. The first-order valence-electron chi connectivity index (χ1n) is 7.85. The summed E-state index contributed by atoms with van der Waals surface area (Å²) in [7, 11) is 0. The van der Waals surface area contributed by atoms with Gasteiger partial charge in [0.25, 0.3) is 0 Å². The average molecular weight is 303 g/mol. The highest BCUT2D eigenvalue weighted by Gasteiger charge is 2.27. The molecule has 22 heavy (non-hydrogen) atoms. The number of carbonyl (C=O) groups is 1. The van der Waals surface area contributed by atoms with Crippen molar-refractivity contribution >= 4 is 16.9 Å². The maximum absolute atomic E-state index is 11.4. The Balaban J connectivity index is 2.51. The largest absolute Gasteiger partial charge is 0.388 e. The number of hydrogen-bond acceptors (Lipinski definition) is 3. The Morgan fingerprint density at radius 3 is 2.59 bits per heavy atom. The number of imidazole rings is 1. The van der Waals surface area contributed by atoms with E-state index < -0.39 is 5.60 Å². The SMILES string of the molecule is CCC(O)(CC)Cn1c([C@H](C)NC(C)=O)nc2ccccc21. The number of fused-ring (bicyclic) bond motifs is 1. The molecule has 0 spiro atoms. The van der Waals surface area contributed by atoms with Gasteiger partial charge in [-0.25, -0.2) is 4.98 Å². The number of para-hydroxylation sites is 2. The number of carbonyl (C=O) groups excluding carboxylic acids is 1. The molecular formula is C17H25N3O2. The lowest BCUT2D eigenvalue weighted by molar-refractivity contribution is -0.119. The Bertz CT molecular complexity index is 659. The maximum atomic E-state index is 11.4. The van der Waals surface area contributed by atoms with Gasteiger partial charge < -0.3 is 15.0 Å². The van der Waals surface area contributed by atoms with Crippen molar-refractivity contribution in [1.82, 2.24) is 14.9 Å². The van der Waals surface area contributed by atoms with Gasteiger partial charge in [-0.1, -0.05) is 26.0 Å². The van der Waals surface area contributed by atoms with E-state index in [1.165, 1.54) is 6.92 Å². The number of nitrogens with one attached hydrogen (secondary N) is 1. The molecule has 0 aliphatic carbocycles. The van der Waals surface area contributed by atoms with Crippen LogP contribution < -0.4 is 5.32 Å². The van der Waals surface area contributed by atoms with Gasteiger partial charge in [0.05, 0.1) is 29.2 Å². The van der Waals surface area contributed by atoms with E-state index in [2.05, 4.69) is 10.3 Å². The van der Waals surface area contributed by atoms with Gasteiger partial charge in [-0.3, -0.25) is 4.79 Å². The number of aromatic nitrogens is 2. The lowest BCUT2D eigenvalue weighted by Gasteiger charge is -2.28. The molecule has 1 amide bonds. The van der Waals surface area contributed by atoms with Gasteiger partial charge in [-0.15, -0.1) is 0 Å². The predicted octanol–water partition coefficient (Wildman–Crippen LogP) is 2.78. The van der Waals surface area contributed by atoms with Crippen molar-refractivity contribution in [2.45, 2.75) is 58.7 Å². The minimum atomic E-state index is -0.770. The summed E-state index contributed by atoms with van der Waals surface area (Å²) >= 11 is 0. The molecule has 1 aromatic carbocycles. The molecule has 0 aliphatic heterocycles. The van der Waals surface area contributed by atoms with E-state index in [1.807, 2.05) is 49.6 Å². The molecular weight excluding hydrogens is 278 g/mol. The standard InChI is InChI=1S/C17H25N3O2/c1-5-17(22,6-2)11-20-15-10-8-7-9-14(15)19-16(20)12(3)18-13(4)21/h7-10,12,22H,5-6,11H2,1-4H3,(H,18,21)/t12-/m0/s1. The molecule has 120 valence electrons. The fraction of sp³-hybridized carbons (Fsp3) is 0.529. The molecule has 1 heterocycles. The molecule has 2 N–H and O–H groups in total. The molecule has 0 saturated heterocycles. The highest BCUT2D eigenvalue weighted by Crippen LogP contribution is 2.26. The lowest BCUT2D eigenvalue weighted by atomic mass is 9.97. The first-order chi connectivity index (χ1) is 10.4. The zero-order valence-corrected chi connectivity index (χ0v) is 13.8. The summed E-state index contributed by atoms with van der Waals surface area (Å²) in [5.41, 5.74) is 1.09. The molecule has 5 nitrogen and oxygen atoms in total. The van der Waals surface area contributed by atoms with Crippen LogP contribution in [0.3, 0.4) is 0 Å². The van der Waals surface area contributed by atoms with Crippen molar-refractivity contribution < 1.29 is 9.90 Å². The van der Waals surface area contributed by atoms with Crippen LogP contribution in [0.2, 0.25) is 0 Å². The Morgan fingerprint density at radius 1 is 1.36 bits per heavy atom. The second-order valence-electron chi connectivity index (χ2n) is 5.90. The van der Waals surface area contributed by atoms with Crippen molar-refractivity contribution in [3.63, 3.8) is 0 Å². The van der Waals surface area contributed by atoms with Gasteiger partial charge in [0.15, 0.2) is 0 Å². The summed E-state index contributed by atoms with van der Waals surface area (Å²) in [5, 5.41) is 13.6. The Hall–Kier alpha value is -1.88. The highest BCUT2D eigenvalue weighted by atomic mass is 16.3. The molecule has 0 bridgehead atoms. The summed E-state index contributed by atoms with van der Waals surface area (Å²) in [6.45, 7) is 7.85. The van der Waals surface area contributed by atoms with Crippen LogP contribution in [0.25, 0.3) is 11.0 Å². The first-order valence-corrected chi connectivity index (χ1v) is 7.85. The van der Waals surface area contributed by atoms with E-state index in [0.29, 0.717) is 19.4 Å². The molecule has 1 aromatic heterocycles. The Kier molecular flexibility index (Phi) is 4.86. The Morgan fingerprint density at radius 2 is 2.00 bits per heavy atom. The number of rotatable bonds is 6. The molecule has 0 unspecified atom stereocenters. The quantitative estimate of drug-likeness (QED) is 0.862. The minimum Gasteiger partial charge on any atom is -0.388 e. The molecule has 0 radical (unpaired) electrons. The van der Waals surface area contributed by atoms with Crippen molar-refractivity contribution in [1.29, 1.82) is 0 Å². The third-order valence-corrected chi connectivity index (χ3v) is 4.26. The number of benzene rings is 1. The number of nitrogens with zero attached hydrogens (tertiary/aromatic N) is 2. The molecule has 0 fully saturated rings. The van der Waals surface area contributed by atoms with Gasteiger partial charge >= 0.3 is 0 Å². The fourth-order valence-electron chi connectivity index (χ4n) is 2.73. The second kappa shape index (κ2) is 6.48. The van der Waals surface area contributed by atoms with Crippen LogP contribution in [0.15, 0.2) is 24.3 Å². The number of hydrogen-bond donors (Lipinski definition) is 2. The number of amides is 1. The van der Waals surface area contributed by atoms with Crippen LogP contribution >= 0.6 is 0 Å². The molecule has 2 aromatic rings. The second-order valence-corrected chi connectivity index (χ2v) is 5.90. The van der Waals surface area contributed by atoms with Gasteiger partial charge in [0.1, 0.15) is 5.82 Å². The lowest BCUT2D eigenvalue weighted by Crippen LogP contribution is -2.35. The van der Waals surface area contributed by atoms with E-state index in [0.717, 1.165) is 16.9 Å². The summed E-state index contributed by atoms with van der Waals surface area (Å²) in [4.78, 5) is 16.0. The van der Waals surface area contributed by atoms with Crippen molar-refractivity contribution in [3.05, 3.63) is 30.1 Å². The third-order valence-electron chi connectivity index (χ3n) is 4.26. The van der Waals surface area contributed by atoms with Gasteiger partial charge in [0.2, 0.25) is 5.91 Å². The molecule has 0 saturated carbocycles. The van der Waals surface area contributed by atoms with Gasteiger partial charge in [-0.05, 0) is 31.9 Å². The molecule has 5 heteroatoms. The van der Waals surface area contributed by atoms with Crippen molar-refractivity contribution in [2.24, 2.45) is 0 Å². The van der Waals surface area contributed by atoms with E-state index in [1.54, 1.807) is 0 Å². The zero-order valence-electron chi connectivity index (χ0n) is 13.8. The summed E-state index contributed by atoms with van der Waals surface area (Å²) in [6.07, 6.45) is 1.34. The van der Waals surface area contributed by atoms with Crippen molar-refractivity contribution in [2.75, 3.05) is 0 Å². The fourth-order valence-corrected chi connectivity index (χ4v) is 2.73. The van der Waals surface area contributed by atoms with Gasteiger partial charge in [-0.2, -0.15) is 0 Å². The number of aliphatic hydroxyl groups is 1. The average Bonchev–Trinajstić information content (AvgIpc) is 2.85. The normalized spacial score (nSPS) is 13.3. The van der Waals surface area contributed by atoms with E-state index in [-0.39, 0.29) is 11.9 Å². The summed E-state index contributed by atoms with van der Waals surface area (Å²) in [5.74, 6) is 0.684. The molecule has 2 rings (SSSR count).